The van der Waals surface area contributed by atoms with E-state index in [4.69, 9.17) is 4.74 Å². The van der Waals surface area contributed by atoms with E-state index >= 15 is 0 Å². The molecule has 0 saturated heterocycles. The summed E-state index contributed by atoms with van der Waals surface area (Å²) < 4.78 is 31.2. The zero-order valence-corrected chi connectivity index (χ0v) is 13.4. The molecule has 0 aliphatic rings. The number of ether oxygens (including phenoxy) is 1. The van der Waals surface area contributed by atoms with Gasteiger partial charge in [0.25, 0.3) is 0 Å². The lowest BCUT2D eigenvalue weighted by molar-refractivity contribution is 0.104. The Hall–Kier alpha value is -1.15. The largest absolute Gasteiger partial charge is 0.491 e. The van der Waals surface area contributed by atoms with Crippen LogP contribution in [0.1, 0.15) is 20.8 Å². The molecule has 0 spiro atoms. The van der Waals surface area contributed by atoms with Gasteiger partial charge in [-0.25, -0.2) is 8.42 Å². The van der Waals surface area contributed by atoms with Crippen molar-refractivity contribution in [2.75, 3.05) is 13.2 Å². The Labute approximate surface area is 126 Å². The van der Waals surface area contributed by atoms with Crippen LogP contribution in [0, 0.1) is 0 Å². The van der Waals surface area contributed by atoms with E-state index < -0.39 is 27.5 Å². The fourth-order valence-electron chi connectivity index (χ4n) is 1.51. The molecule has 2 unspecified atom stereocenters. The van der Waals surface area contributed by atoms with Crippen molar-refractivity contribution in [1.82, 2.24) is 10.0 Å². The predicted molar refractivity (Wildman–Crippen MR) is 82.6 cm³/mol. The summed E-state index contributed by atoms with van der Waals surface area (Å²) in [6.07, 6.45) is -1.18. The van der Waals surface area contributed by atoms with Crippen LogP contribution in [-0.2, 0) is 10.0 Å². The van der Waals surface area contributed by atoms with Gasteiger partial charge < -0.3 is 9.84 Å². The third kappa shape index (κ3) is 6.90. The van der Waals surface area contributed by atoms with Crippen molar-refractivity contribution in [1.29, 1.82) is 0 Å². The van der Waals surface area contributed by atoms with Gasteiger partial charge in [0, 0.05) is 6.54 Å². The molecule has 0 aromatic heterocycles. The number of aliphatic hydroxyl groups excluding tert-OH is 1. The molecular formula is C14H24N2O4S. The summed E-state index contributed by atoms with van der Waals surface area (Å²) in [4.78, 5) is 0. The smallest absolute Gasteiger partial charge is 0.215 e. The van der Waals surface area contributed by atoms with E-state index in [9.17, 15) is 13.5 Å². The average molecular weight is 316 g/mol. The third-order valence-corrected chi connectivity index (χ3v) is 4.73. The Bertz CT molecular complexity index is 505. The van der Waals surface area contributed by atoms with Gasteiger partial charge in [-0.3, -0.25) is 5.32 Å². The monoisotopic (exact) mass is 316 g/mol. The van der Waals surface area contributed by atoms with E-state index in [1.165, 1.54) is 0 Å². The van der Waals surface area contributed by atoms with Gasteiger partial charge >= 0.3 is 0 Å². The summed E-state index contributed by atoms with van der Waals surface area (Å²) in [7, 11) is -3.33. The summed E-state index contributed by atoms with van der Waals surface area (Å²) in [5.41, 5.74) is 0. The highest BCUT2D eigenvalue weighted by Crippen LogP contribution is 2.08. The summed E-state index contributed by atoms with van der Waals surface area (Å²) in [6, 6.07) is 9.19. The second-order valence-corrected chi connectivity index (χ2v) is 7.39. The maximum absolute atomic E-state index is 11.7. The van der Waals surface area contributed by atoms with Crippen molar-refractivity contribution in [3.63, 3.8) is 0 Å². The molecule has 0 radical (unpaired) electrons. The molecular weight excluding hydrogens is 292 g/mol. The Morgan fingerprint density at radius 2 is 1.81 bits per heavy atom. The number of hydrogen-bond donors (Lipinski definition) is 3. The second kappa shape index (κ2) is 8.33. The zero-order chi connectivity index (χ0) is 15.9. The van der Waals surface area contributed by atoms with Gasteiger partial charge in [-0.15, -0.1) is 0 Å². The second-order valence-electron chi connectivity index (χ2n) is 5.12. The van der Waals surface area contributed by atoms with Crippen molar-refractivity contribution in [2.45, 2.75) is 38.3 Å². The van der Waals surface area contributed by atoms with Gasteiger partial charge in [0.05, 0.1) is 11.4 Å². The molecule has 0 aliphatic heterocycles. The van der Waals surface area contributed by atoms with Crippen molar-refractivity contribution < 1.29 is 18.3 Å². The minimum absolute atomic E-state index is 0.140. The maximum atomic E-state index is 11.7. The van der Waals surface area contributed by atoms with Crippen LogP contribution in [0.3, 0.4) is 0 Å². The van der Waals surface area contributed by atoms with Crippen LogP contribution in [0.5, 0.6) is 5.75 Å². The average Bonchev–Trinajstić information content (AvgIpc) is 2.43. The first kappa shape index (κ1) is 17.9. The standard InChI is InChI=1S/C14H24N2O4S/c1-11(2)21(18,19)16-12(3)15-9-13(17)10-20-14-7-5-4-6-8-14/h4-8,11-13,15-17H,9-10H2,1-3H3. The van der Waals surface area contributed by atoms with Gasteiger partial charge in [0.2, 0.25) is 10.0 Å². The molecule has 0 fully saturated rings. The number of benzene rings is 1. The molecule has 21 heavy (non-hydrogen) atoms. The molecule has 1 rings (SSSR count). The van der Waals surface area contributed by atoms with Crippen molar-refractivity contribution in [3.05, 3.63) is 30.3 Å². The Morgan fingerprint density at radius 3 is 2.38 bits per heavy atom. The van der Waals surface area contributed by atoms with Gasteiger partial charge in [-0.2, -0.15) is 4.72 Å². The van der Waals surface area contributed by atoms with Crippen molar-refractivity contribution >= 4 is 10.0 Å². The van der Waals surface area contributed by atoms with E-state index in [0.29, 0.717) is 5.75 Å². The maximum Gasteiger partial charge on any atom is 0.215 e. The lowest BCUT2D eigenvalue weighted by atomic mass is 10.3. The first-order valence-corrected chi connectivity index (χ1v) is 8.46. The van der Waals surface area contributed by atoms with E-state index in [1.807, 2.05) is 18.2 Å². The number of nitrogens with one attached hydrogen (secondary N) is 2. The number of para-hydroxylation sites is 1. The summed E-state index contributed by atoms with van der Waals surface area (Å²) >= 11 is 0. The van der Waals surface area contributed by atoms with E-state index in [-0.39, 0.29) is 13.2 Å². The molecule has 3 N–H and O–H groups in total. The van der Waals surface area contributed by atoms with Crippen molar-refractivity contribution in [3.8, 4) is 5.75 Å². The van der Waals surface area contributed by atoms with Gasteiger partial charge in [-0.05, 0) is 32.9 Å². The van der Waals surface area contributed by atoms with Gasteiger partial charge in [0.1, 0.15) is 18.5 Å². The Balaban J connectivity index is 2.28. The van der Waals surface area contributed by atoms with Crippen LogP contribution < -0.4 is 14.8 Å². The molecule has 0 bridgehead atoms. The number of sulfonamides is 1. The summed E-state index contributed by atoms with van der Waals surface area (Å²) in [6.45, 7) is 5.27. The first-order chi connectivity index (χ1) is 9.81. The Kier molecular flexibility index (Phi) is 7.10. The zero-order valence-electron chi connectivity index (χ0n) is 12.6. The molecule has 0 saturated carbocycles. The molecule has 0 amide bonds. The molecule has 0 heterocycles. The molecule has 7 heteroatoms. The lowest BCUT2D eigenvalue weighted by Crippen LogP contribution is -2.48. The molecule has 1 aromatic carbocycles. The fraction of sp³-hybridized carbons (Fsp3) is 0.571. The minimum atomic E-state index is -3.33. The van der Waals surface area contributed by atoms with E-state index in [1.54, 1.807) is 32.9 Å². The third-order valence-electron chi connectivity index (χ3n) is 2.81. The molecule has 0 aliphatic carbocycles. The van der Waals surface area contributed by atoms with E-state index in [0.717, 1.165) is 0 Å². The predicted octanol–water partition coefficient (Wildman–Crippen LogP) is 0.690. The summed E-state index contributed by atoms with van der Waals surface area (Å²) in [5.74, 6) is 0.685. The van der Waals surface area contributed by atoms with Crippen LogP contribution in [0.2, 0.25) is 0 Å². The first-order valence-electron chi connectivity index (χ1n) is 6.91. The fourth-order valence-corrected chi connectivity index (χ4v) is 2.35. The highest BCUT2D eigenvalue weighted by atomic mass is 32.2. The molecule has 2 atom stereocenters. The van der Waals surface area contributed by atoms with Gasteiger partial charge in [-0.1, -0.05) is 18.2 Å². The molecule has 6 nitrogen and oxygen atoms in total. The highest BCUT2D eigenvalue weighted by Gasteiger charge is 2.18. The normalized spacial score (nSPS) is 14.9. The van der Waals surface area contributed by atoms with Gasteiger partial charge in [0.15, 0.2) is 0 Å². The summed E-state index contributed by atoms with van der Waals surface area (Å²) in [5, 5.41) is 12.2. The molecule has 1 aromatic rings. The van der Waals surface area contributed by atoms with Crippen LogP contribution in [0.25, 0.3) is 0 Å². The number of aliphatic hydroxyl groups is 1. The quantitative estimate of drug-likeness (QED) is 0.584. The van der Waals surface area contributed by atoms with Crippen LogP contribution in [0.4, 0.5) is 0 Å². The SMILES string of the molecule is CC(NCC(O)COc1ccccc1)NS(=O)(=O)C(C)C. The van der Waals surface area contributed by atoms with Crippen LogP contribution >= 0.6 is 0 Å². The highest BCUT2D eigenvalue weighted by molar-refractivity contribution is 7.90. The number of rotatable bonds is 9. The van der Waals surface area contributed by atoms with Crippen LogP contribution in [-0.4, -0.2) is 44.2 Å². The number of hydrogen-bond acceptors (Lipinski definition) is 5. The van der Waals surface area contributed by atoms with Crippen molar-refractivity contribution in [2.24, 2.45) is 0 Å². The van der Waals surface area contributed by atoms with E-state index in [2.05, 4.69) is 10.0 Å². The molecule has 120 valence electrons. The topological polar surface area (TPSA) is 87.7 Å². The Morgan fingerprint density at radius 1 is 1.19 bits per heavy atom. The van der Waals surface area contributed by atoms with Crippen LogP contribution in [0.15, 0.2) is 30.3 Å². The lowest BCUT2D eigenvalue weighted by Gasteiger charge is -2.19. The minimum Gasteiger partial charge on any atom is -0.491 e.